The van der Waals surface area contributed by atoms with E-state index in [1.54, 1.807) is 6.92 Å². The Kier molecular flexibility index (Phi) is 5.42. The molecular weight excluding hydrogens is 260 g/mol. The van der Waals surface area contributed by atoms with Gasteiger partial charge in [0.1, 0.15) is 5.75 Å². The maximum Gasteiger partial charge on any atom is 0.335 e. The SMILES string of the molecule is C#CCN(CC)C(=O)Nc1cc(C(=O)O)ccc1OC. The number of amides is 2. The molecule has 6 nitrogen and oxygen atoms in total. The average molecular weight is 276 g/mol. The van der Waals surface area contributed by atoms with Crippen molar-refractivity contribution < 1.29 is 19.4 Å². The lowest BCUT2D eigenvalue weighted by molar-refractivity contribution is 0.0697. The molecule has 1 rings (SSSR count). The highest BCUT2D eigenvalue weighted by atomic mass is 16.5. The van der Waals surface area contributed by atoms with Crippen LogP contribution in [0.2, 0.25) is 0 Å². The lowest BCUT2D eigenvalue weighted by Crippen LogP contribution is -2.35. The Hall–Kier alpha value is -2.68. The molecule has 0 spiro atoms. The van der Waals surface area contributed by atoms with Gasteiger partial charge in [0.15, 0.2) is 0 Å². The van der Waals surface area contributed by atoms with Gasteiger partial charge in [0.25, 0.3) is 0 Å². The molecule has 1 aromatic rings. The molecule has 2 N–H and O–H groups in total. The van der Waals surface area contributed by atoms with Crippen LogP contribution in [0.4, 0.5) is 10.5 Å². The summed E-state index contributed by atoms with van der Waals surface area (Å²) in [5.74, 6) is 1.67. The van der Waals surface area contributed by atoms with Crippen LogP contribution in [0.25, 0.3) is 0 Å². The molecule has 0 aromatic heterocycles. The minimum Gasteiger partial charge on any atom is -0.495 e. The van der Waals surface area contributed by atoms with Crippen LogP contribution < -0.4 is 10.1 Å². The van der Waals surface area contributed by atoms with Gasteiger partial charge in [-0.3, -0.25) is 0 Å². The first-order valence-electron chi connectivity index (χ1n) is 5.94. The summed E-state index contributed by atoms with van der Waals surface area (Å²) in [7, 11) is 1.43. The summed E-state index contributed by atoms with van der Waals surface area (Å²) in [6, 6.07) is 3.81. The van der Waals surface area contributed by atoms with E-state index in [9.17, 15) is 9.59 Å². The van der Waals surface area contributed by atoms with Crippen molar-refractivity contribution in [2.45, 2.75) is 6.92 Å². The first kappa shape index (κ1) is 15.4. The molecule has 20 heavy (non-hydrogen) atoms. The molecule has 0 aliphatic heterocycles. The van der Waals surface area contributed by atoms with Gasteiger partial charge in [0.2, 0.25) is 0 Å². The smallest absolute Gasteiger partial charge is 0.335 e. The average Bonchev–Trinajstić information content (AvgIpc) is 2.44. The zero-order valence-corrected chi connectivity index (χ0v) is 11.3. The van der Waals surface area contributed by atoms with Crippen LogP contribution in [0, 0.1) is 12.3 Å². The molecule has 2 amide bonds. The number of carbonyl (C=O) groups is 2. The molecule has 0 aliphatic rings. The summed E-state index contributed by atoms with van der Waals surface area (Å²) in [5, 5.41) is 11.6. The number of ether oxygens (including phenoxy) is 1. The fourth-order valence-electron chi connectivity index (χ4n) is 1.57. The molecule has 0 unspecified atom stereocenters. The minimum atomic E-state index is -1.08. The Morgan fingerprint density at radius 2 is 2.20 bits per heavy atom. The quantitative estimate of drug-likeness (QED) is 0.805. The molecule has 1 aromatic carbocycles. The number of anilines is 1. The van der Waals surface area contributed by atoms with E-state index >= 15 is 0 Å². The van der Waals surface area contributed by atoms with Crippen molar-refractivity contribution in [2.24, 2.45) is 0 Å². The van der Waals surface area contributed by atoms with E-state index in [4.69, 9.17) is 16.3 Å². The number of hydrogen-bond donors (Lipinski definition) is 2. The topological polar surface area (TPSA) is 78.9 Å². The summed E-state index contributed by atoms with van der Waals surface area (Å²) in [6.07, 6.45) is 5.18. The number of carboxylic acids is 1. The first-order chi connectivity index (χ1) is 9.53. The number of carbonyl (C=O) groups excluding carboxylic acids is 1. The van der Waals surface area contributed by atoms with E-state index in [0.717, 1.165) is 0 Å². The number of benzene rings is 1. The molecule has 0 saturated heterocycles. The van der Waals surface area contributed by atoms with Crippen LogP contribution >= 0.6 is 0 Å². The zero-order valence-electron chi connectivity index (χ0n) is 11.3. The van der Waals surface area contributed by atoms with Crippen molar-refractivity contribution in [1.29, 1.82) is 0 Å². The summed E-state index contributed by atoms with van der Waals surface area (Å²) in [6.45, 7) is 2.40. The third-order valence-electron chi connectivity index (χ3n) is 2.64. The highest BCUT2D eigenvalue weighted by Crippen LogP contribution is 2.25. The number of aromatic carboxylic acids is 1. The van der Waals surface area contributed by atoms with E-state index in [2.05, 4.69) is 11.2 Å². The Bertz CT molecular complexity index is 549. The normalized spacial score (nSPS) is 9.45. The van der Waals surface area contributed by atoms with Gasteiger partial charge in [-0.2, -0.15) is 0 Å². The Morgan fingerprint density at radius 1 is 1.50 bits per heavy atom. The Balaban J connectivity index is 3.00. The van der Waals surface area contributed by atoms with Crippen LogP contribution in [0.1, 0.15) is 17.3 Å². The van der Waals surface area contributed by atoms with Gasteiger partial charge in [0, 0.05) is 6.54 Å². The molecule has 0 fully saturated rings. The predicted octanol–water partition coefficient (Wildman–Crippen LogP) is 1.88. The molecule has 0 bridgehead atoms. The van der Waals surface area contributed by atoms with E-state index < -0.39 is 12.0 Å². The number of methoxy groups -OCH3 is 1. The van der Waals surface area contributed by atoms with Gasteiger partial charge in [-0.25, -0.2) is 9.59 Å². The number of hydrogen-bond acceptors (Lipinski definition) is 3. The summed E-state index contributed by atoms with van der Waals surface area (Å²) >= 11 is 0. The van der Waals surface area contributed by atoms with Gasteiger partial charge in [-0.15, -0.1) is 6.42 Å². The van der Waals surface area contributed by atoms with E-state index in [1.165, 1.54) is 30.2 Å². The third-order valence-corrected chi connectivity index (χ3v) is 2.64. The molecule has 6 heteroatoms. The molecule has 0 atom stereocenters. The van der Waals surface area contributed by atoms with Gasteiger partial charge < -0.3 is 20.1 Å². The molecular formula is C14H16N2O4. The van der Waals surface area contributed by atoms with Gasteiger partial charge in [-0.05, 0) is 25.1 Å². The van der Waals surface area contributed by atoms with Crippen LogP contribution in [0.5, 0.6) is 5.75 Å². The fourth-order valence-corrected chi connectivity index (χ4v) is 1.57. The number of terminal acetylenes is 1. The largest absolute Gasteiger partial charge is 0.495 e. The van der Waals surface area contributed by atoms with Crippen molar-refractivity contribution in [3.8, 4) is 18.1 Å². The molecule has 106 valence electrons. The molecule has 0 saturated carbocycles. The summed E-state index contributed by atoms with van der Waals surface area (Å²) < 4.78 is 5.09. The number of carboxylic acid groups (broad SMARTS) is 1. The van der Waals surface area contributed by atoms with Crippen molar-refractivity contribution in [3.63, 3.8) is 0 Å². The standard InChI is InChI=1S/C14H16N2O4/c1-4-8-16(5-2)14(19)15-11-9-10(13(17)18)6-7-12(11)20-3/h1,6-7,9H,5,8H2,2-3H3,(H,15,19)(H,17,18). The first-order valence-corrected chi connectivity index (χ1v) is 5.94. The number of nitrogens with zero attached hydrogens (tertiary/aromatic N) is 1. The zero-order chi connectivity index (χ0) is 15.1. The monoisotopic (exact) mass is 276 g/mol. The second-order valence-electron chi connectivity index (χ2n) is 3.87. The lowest BCUT2D eigenvalue weighted by Gasteiger charge is -2.19. The summed E-state index contributed by atoms with van der Waals surface area (Å²) in [4.78, 5) is 24.3. The second kappa shape index (κ2) is 7.04. The van der Waals surface area contributed by atoms with E-state index in [0.29, 0.717) is 12.3 Å². The fraction of sp³-hybridized carbons (Fsp3) is 0.286. The molecule has 0 radical (unpaired) electrons. The molecule has 0 aliphatic carbocycles. The second-order valence-corrected chi connectivity index (χ2v) is 3.87. The molecule has 0 heterocycles. The van der Waals surface area contributed by atoms with Gasteiger partial charge >= 0.3 is 12.0 Å². The van der Waals surface area contributed by atoms with Crippen LogP contribution in [-0.4, -0.2) is 42.2 Å². The van der Waals surface area contributed by atoms with Crippen molar-refractivity contribution >= 4 is 17.7 Å². The highest BCUT2D eigenvalue weighted by molar-refractivity contribution is 5.94. The van der Waals surface area contributed by atoms with Gasteiger partial charge in [0.05, 0.1) is 24.9 Å². The number of urea groups is 1. The summed E-state index contributed by atoms with van der Waals surface area (Å²) in [5.41, 5.74) is 0.342. The van der Waals surface area contributed by atoms with Crippen LogP contribution in [0.3, 0.4) is 0 Å². The predicted molar refractivity (Wildman–Crippen MR) is 75.1 cm³/mol. The highest BCUT2D eigenvalue weighted by Gasteiger charge is 2.15. The van der Waals surface area contributed by atoms with E-state index in [-0.39, 0.29) is 17.8 Å². The number of nitrogens with one attached hydrogen (secondary N) is 1. The Labute approximate surface area is 117 Å². The lowest BCUT2D eigenvalue weighted by atomic mass is 10.2. The maximum absolute atomic E-state index is 12.0. The van der Waals surface area contributed by atoms with E-state index in [1.807, 2.05) is 0 Å². The van der Waals surface area contributed by atoms with Crippen LogP contribution in [-0.2, 0) is 0 Å². The van der Waals surface area contributed by atoms with Crippen LogP contribution in [0.15, 0.2) is 18.2 Å². The Morgan fingerprint density at radius 3 is 2.70 bits per heavy atom. The van der Waals surface area contributed by atoms with Crippen molar-refractivity contribution in [3.05, 3.63) is 23.8 Å². The maximum atomic E-state index is 12.0. The minimum absolute atomic E-state index is 0.0566. The van der Waals surface area contributed by atoms with Gasteiger partial charge in [-0.1, -0.05) is 5.92 Å². The third kappa shape index (κ3) is 3.65. The van der Waals surface area contributed by atoms with Crippen molar-refractivity contribution in [1.82, 2.24) is 4.90 Å². The van der Waals surface area contributed by atoms with Crippen molar-refractivity contribution in [2.75, 3.05) is 25.5 Å². The number of rotatable bonds is 5.